The molecule has 0 saturated heterocycles. The Bertz CT molecular complexity index is 2110. The quantitative estimate of drug-likeness (QED) is 0.185. The van der Waals surface area contributed by atoms with E-state index < -0.39 is 0 Å². The summed E-state index contributed by atoms with van der Waals surface area (Å²) in [7, 11) is 0. The van der Waals surface area contributed by atoms with Gasteiger partial charge in [0, 0.05) is 0 Å². The number of fused-ring (bicyclic) bond motifs is 15. The van der Waals surface area contributed by atoms with Gasteiger partial charge in [0.05, 0.1) is 5.41 Å². The predicted molar refractivity (Wildman–Crippen MR) is 165 cm³/mol. The number of hydrogen-bond acceptors (Lipinski definition) is 0. The van der Waals surface area contributed by atoms with Crippen molar-refractivity contribution in [2.24, 2.45) is 0 Å². The van der Waals surface area contributed by atoms with Crippen LogP contribution in [-0.2, 0) is 5.41 Å². The standard InChI is InChI=1S/C39H24/c1-5-15-30-26(11-1)27-12-2-6-16-31(27)35-24-38-25(23-34(30)35)21-22-39(38)36-19-9-7-17-32(36)28-13-3-4-14-29(28)33-18-8-10-20-37(33)39/h1-24H. The summed E-state index contributed by atoms with van der Waals surface area (Å²) in [6.07, 6.45) is 4.83. The Labute approximate surface area is 227 Å². The Balaban J connectivity index is 1.48. The van der Waals surface area contributed by atoms with Crippen LogP contribution >= 0.6 is 0 Å². The molecule has 39 heavy (non-hydrogen) atoms. The van der Waals surface area contributed by atoms with E-state index in [1.165, 1.54) is 76.8 Å². The third-order valence-electron chi connectivity index (χ3n) is 9.06. The van der Waals surface area contributed by atoms with Gasteiger partial charge in [-0.25, -0.2) is 0 Å². The molecule has 0 radical (unpaired) electrons. The van der Waals surface area contributed by atoms with Gasteiger partial charge in [0.2, 0.25) is 0 Å². The van der Waals surface area contributed by atoms with Crippen molar-refractivity contribution in [1.82, 2.24) is 0 Å². The van der Waals surface area contributed by atoms with E-state index in [2.05, 4.69) is 146 Å². The minimum absolute atomic E-state index is 0.373. The van der Waals surface area contributed by atoms with Gasteiger partial charge in [-0.2, -0.15) is 0 Å². The van der Waals surface area contributed by atoms with Gasteiger partial charge in [-0.1, -0.05) is 133 Å². The first kappa shape index (κ1) is 21.0. The Kier molecular flexibility index (Phi) is 4.08. The topological polar surface area (TPSA) is 0 Å². The Morgan fingerprint density at radius 1 is 0.333 bits per heavy atom. The monoisotopic (exact) mass is 492 g/mol. The lowest BCUT2D eigenvalue weighted by Crippen LogP contribution is -2.26. The minimum Gasteiger partial charge on any atom is -0.0645 e. The van der Waals surface area contributed by atoms with Crippen molar-refractivity contribution in [1.29, 1.82) is 0 Å². The zero-order chi connectivity index (χ0) is 25.6. The summed E-state index contributed by atoms with van der Waals surface area (Å²) < 4.78 is 0. The van der Waals surface area contributed by atoms with Crippen LogP contribution in [-0.4, -0.2) is 0 Å². The summed E-state index contributed by atoms with van der Waals surface area (Å²) in [6.45, 7) is 0. The average molecular weight is 493 g/mol. The molecule has 0 saturated carbocycles. The van der Waals surface area contributed by atoms with Crippen LogP contribution in [0.3, 0.4) is 0 Å². The van der Waals surface area contributed by atoms with E-state index in [0.717, 1.165) is 0 Å². The van der Waals surface area contributed by atoms with Gasteiger partial charge < -0.3 is 0 Å². The molecule has 0 fully saturated rings. The second-order valence-electron chi connectivity index (χ2n) is 10.9. The van der Waals surface area contributed by atoms with Gasteiger partial charge in [0.1, 0.15) is 0 Å². The van der Waals surface area contributed by atoms with Crippen molar-refractivity contribution in [3.63, 3.8) is 0 Å². The fourth-order valence-corrected chi connectivity index (χ4v) is 7.44. The first-order valence-electron chi connectivity index (χ1n) is 13.7. The normalized spacial score (nSPS) is 14.3. The van der Waals surface area contributed by atoms with Crippen molar-refractivity contribution in [2.75, 3.05) is 0 Å². The first-order chi connectivity index (χ1) is 19.3. The molecule has 7 aromatic rings. The SMILES string of the molecule is C1=CC2(c3cc4c5ccccc5c5ccccc5c4cc31)c1ccccc1-c1ccccc1-c1ccccc12. The van der Waals surface area contributed by atoms with E-state index in [1.54, 1.807) is 0 Å². The Morgan fingerprint density at radius 2 is 0.744 bits per heavy atom. The van der Waals surface area contributed by atoms with E-state index in [-0.39, 0.29) is 5.41 Å². The Hall–Kier alpha value is -4.94. The van der Waals surface area contributed by atoms with E-state index in [9.17, 15) is 0 Å². The van der Waals surface area contributed by atoms with E-state index in [4.69, 9.17) is 0 Å². The Morgan fingerprint density at radius 3 is 1.28 bits per heavy atom. The lowest BCUT2D eigenvalue weighted by atomic mass is 9.68. The van der Waals surface area contributed by atoms with Gasteiger partial charge in [-0.3, -0.25) is 0 Å². The van der Waals surface area contributed by atoms with Crippen LogP contribution in [0.1, 0.15) is 22.3 Å². The second-order valence-corrected chi connectivity index (χ2v) is 10.9. The van der Waals surface area contributed by atoms with Crippen LogP contribution in [0.15, 0.2) is 140 Å². The van der Waals surface area contributed by atoms with Crippen LogP contribution in [0.5, 0.6) is 0 Å². The molecule has 0 unspecified atom stereocenters. The zero-order valence-electron chi connectivity index (χ0n) is 21.4. The highest BCUT2D eigenvalue weighted by atomic mass is 14.4. The van der Waals surface area contributed by atoms with Crippen molar-refractivity contribution in [3.8, 4) is 22.3 Å². The van der Waals surface area contributed by atoms with E-state index in [0.29, 0.717) is 0 Å². The molecule has 180 valence electrons. The summed E-state index contributed by atoms with van der Waals surface area (Å²) in [5.41, 5.74) is 10.2. The maximum Gasteiger partial charge on any atom is 0.0653 e. The molecule has 2 aliphatic rings. The molecule has 0 aromatic heterocycles. The van der Waals surface area contributed by atoms with Crippen LogP contribution in [0.4, 0.5) is 0 Å². The summed E-state index contributed by atoms with van der Waals surface area (Å²) in [5, 5.41) is 7.91. The molecule has 2 aliphatic carbocycles. The van der Waals surface area contributed by atoms with Crippen LogP contribution in [0.2, 0.25) is 0 Å². The highest BCUT2D eigenvalue weighted by Crippen LogP contribution is 2.56. The van der Waals surface area contributed by atoms with E-state index in [1.807, 2.05) is 0 Å². The fraction of sp³-hybridized carbons (Fsp3) is 0.0256. The van der Waals surface area contributed by atoms with Gasteiger partial charge in [0.15, 0.2) is 0 Å². The molecule has 0 amide bonds. The number of rotatable bonds is 0. The maximum absolute atomic E-state index is 2.50. The molecule has 0 nitrogen and oxygen atoms in total. The van der Waals surface area contributed by atoms with Crippen LogP contribution in [0.25, 0.3) is 60.6 Å². The summed E-state index contributed by atoms with van der Waals surface area (Å²) >= 11 is 0. The number of hydrogen-bond donors (Lipinski definition) is 0. The third-order valence-corrected chi connectivity index (χ3v) is 9.06. The lowest BCUT2D eigenvalue weighted by Gasteiger charge is -2.33. The smallest absolute Gasteiger partial charge is 0.0645 e. The third kappa shape index (κ3) is 2.63. The van der Waals surface area contributed by atoms with E-state index >= 15 is 0 Å². The van der Waals surface area contributed by atoms with Gasteiger partial charge in [-0.15, -0.1) is 0 Å². The molecule has 0 bridgehead atoms. The molecule has 0 aliphatic heterocycles. The minimum atomic E-state index is -0.373. The fourth-order valence-electron chi connectivity index (χ4n) is 7.44. The summed E-state index contributed by atoms with van der Waals surface area (Å²) in [6, 6.07) is 49.6. The predicted octanol–water partition coefficient (Wildman–Crippen LogP) is 10.2. The molecule has 0 N–H and O–H groups in total. The highest BCUT2D eigenvalue weighted by molar-refractivity contribution is 6.25. The van der Waals surface area contributed by atoms with Crippen molar-refractivity contribution < 1.29 is 0 Å². The molecule has 0 atom stereocenters. The second kappa shape index (κ2) is 7.56. The van der Waals surface area contributed by atoms with Crippen LogP contribution < -0.4 is 0 Å². The summed E-state index contributed by atoms with van der Waals surface area (Å²) in [4.78, 5) is 0. The highest BCUT2D eigenvalue weighted by Gasteiger charge is 2.43. The molecular formula is C39H24. The van der Waals surface area contributed by atoms with Gasteiger partial charge in [-0.05, 0) is 89.0 Å². The molecule has 7 aromatic carbocycles. The largest absolute Gasteiger partial charge is 0.0653 e. The van der Waals surface area contributed by atoms with Crippen molar-refractivity contribution >= 4 is 38.4 Å². The van der Waals surface area contributed by atoms with Gasteiger partial charge >= 0.3 is 0 Å². The molecule has 0 heterocycles. The molecular weight excluding hydrogens is 468 g/mol. The molecule has 9 rings (SSSR count). The first-order valence-corrected chi connectivity index (χ1v) is 13.7. The van der Waals surface area contributed by atoms with Gasteiger partial charge in [0.25, 0.3) is 0 Å². The average Bonchev–Trinajstić information content (AvgIpc) is 3.35. The zero-order valence-corrected chi connectivity index (χ0v) is 21.4. The molecule has 0 heteroatoms. The maximum atomic E-state index is 2.50. The number of benzene rings is 7. The van der Waals surface area contributed by atoms with Crippen LogP contribution in [0, 0.1) is 0 Å². The van der Waals surface area contributed by atoms with Crippen molar-refractivity contribution in [3.05, 3.63) is 162 Å². The summed E-state index contributed by atoms with van der Waals surface area (Å²) in [5.74, 6) is 0. The lowest BCUT2D eigenvalue weighted by molar-refractivity contribution is 0.803. The molecule has 1 spiro atoms. The number of allylic oxidation sites excluding steroid dienone is 1. The van der Waals surface area contributed by atoms with Crippen molar-refractivity contribution in [2.45, 2.75) is 5.41 Å².